The summed E-state index contributed by atoms with van der Waals surface area (Å²) in [7, 11) is 0. The van der Waals surface area contributed by atoms with Crippen LogP contribution >= 0.6 is 15.9 Å². The van der Waals surface area contributed by atoms with Crippen molar-refractivity contribution in [2.75, 3.05) is 13.2 Å². The van der Waals surface area contributed by atoms with Gasteiger partial charge in [-0.2, -0.15) is 0 Å². The predicted molar refractivity (Wildman–Crippen MR) is 101 cm³/mol. The fraction of sp³-hybridized carbons (Fsp3) is 0.200. The summed E-state index contributed by atoms with van der Waals surface area (Å²) in [4.78, 5) is 26.4. The zero-order chi connectivity index (χ0) is 18.8. The van der Waals surface area contributed by atoms with Crippen LogP contribution in [0.1, 0.15) is 22.7 Å². The lowest BCUT2D eigenvalue weighted by Crippen LogP contribution is -2.32. The molecule has 134 valence electrons. The van der Waals surface area contributed by atoms with E-state index < -0.39 is 17.7 Å². The molecule has 0 unspecified atom stereocenters. The fourth-order valence-electron chi connectivity index (χ4n) is 3.08. The number of carbonyl (C=O) groups excluding carboxylic acids is 2. The number of Topliss-reactive ketones (excluding diaryl/α,β-unsaturated/α-hetero) is 1. The van der Waals surface area contributed by atoms with Gasteiger partial charge in [0.1, 0.15) is 5.76 Å². The molecule has 1 aliphatic rings. The van der Waals surface area contributed by atoms with Crippen LogP contribution in [0.25, 0.3) is 5.76 Å². The summed E-state index contributed by atoms with van der Waals surface area (Å²) in [6.07, 6.45) is 0. The molecule has 0 saturated carbocycles. The third-order valence-corrected chi connectivity index (χ3v) is 4.92. The number of likely N-dealkylation sites (tertiary alicyclic amines) is 1. The number of aliphatic hydroxyl groups excluding tert-OH is 2. The van der Waals surface area contributed by atoms with Crippen LogP contribution in [0.2, 0.25) is 0 Å². The summed E-state index contributed by atoms with van der Waals surface area (Å²) < 4.78 is 0.838. The van der Waals surface area contributed by atoms with Crippen LogP contribution in [0, 0.1) is 6.92 Å². The molecule has 0 aliphatic carbocycles. The van der Waals surface area contributed by atoms with Crippen molar-refractivity contribution in [2.24, 2.45) is 0 Å². The normalized spacial score (nSPS) is 19.2. The Hall–Kier alpha value is -2.44. The van der Waals surface area contributed by atoms with Crippen molar-refractivity contribution >= 4 is 33.4 Å². The quantitative estimate of drug-likeness (QED) is 0.456. The van der Waals surface area contributed by atoms with E-state index in [0.717, 1.165) is 10.0 Å². The lowest BCUT2D eigenvalue weighted by molar-refractivity contribution is -0.140. The molecular weight excluding hydrogens is 398 g/mol. The Morgan fingerprint density at radius 2 is 1.69 bits per heavy atom. The van der Waals surface area contributed by atoms with Gasteiger partial charge in [-0.15, -0.1) is 0 Å². The highest BCUT2D eigenvalue weighted by atomic mass is 79.9. The number of hydrogen-bond donors (Lipinski definition) is 2. The number of nitrogens with zero attached hydrogens (tertiary/aromatic N) is 1. The number of amides is 1. The van der Waals surface area contributed by atoms with Gasteiger partial charge in [0.25, 0.3) is 11.7 Å². The number of aryl methyl sites for hydroxylation is 1. The van der Waals surface area contributed by atoms with Crippen molar-refractivity contribution in [3.05, 3.63) is 75.3 Å². The molecule has 0 spiro atoms. The summed E-state index contributed by atoms with van der Waals surface area (Å²) in [5, 5.41) is 20.1. The van der Waals surface area contributed by atoms with Crippen molar-refractivity contribution in [2.45, 2.75) is 13.0 Å². The minimum Gasteiger partial charge on any atom is -0.507 e. The monoisotopic (exact) mass is 415 g/mol. The molecule has 5 nitrogen and oxygen atoms in total. The Bertz CT molecular complexity index is 872. The third-order valence-electron chi connectivity index (χ3n) is 4.39. The summed E-state index contributed by atoms with van der Waals surface area (Å²) in [6.45, 7) is 1.68. The number of hydrogen-bond acceptors (Lipinski definition) is 4. The van der Waals surface area contributed by atoms with E-state index in [2.05, 4.69) is 15.9 Å². The van der Waals surface area contributed by atoms with Gasteiger partial charge in [0, 0.05) is 16.6 Å². The van der Waals surface area contributed by atoms with Gasteiger partial charge in [0.05, 0.1) is 18.2 Å². The van der Waals surface area contributed by atoms with Crippen molar-refractivity contribution < 1.29 is 19.8 Å². The topological polar surface area (TPSA) is 77.8 Å². The van der Waals surface area contributed by atoms with Crippen LogP contribution in [-0.2, 0) is 9.59 Å². The van der Waals surface area contributed by atoms with Gasteiger partial charge in [0.15, 0.2) is 0 Å². The van der Waals surface area contributed by atoms with Crippen LogP contribution in [-0.4, -0.2) is 40.0 Å². The van der Waals surface area contributed by atoms with Gasteiger partial charge in [0.2, 0.25) is 0 Å². The first-order valence-electron chi connectivity index (χ1n) is 8.16. The van der Waals surface area contributed by atoms with E-state index in [9.17, 15) is 19.8 Å². The Labute approximate surface area is 159 Å². The summed E-state index contributed by atoms with van der Waals surface area (Å²) >= 11 is 3.33. The Balaban J connectivity index is 2.17. The van der Waals surface area contributed by atoms with E-state index in [1.54, 1.807) is 24.3 Å². The molecule has 2 aromatic carbocycles. The van der Waals surface area contributed by atoms with Gasteiger partial charge in [-0.25, -0.2) is 0 Å². The molecule has 2 aromatic rings. The zero-order valence-electron chi connectivity index (χ0n) is 14.1. The van der Waals surface area contributed by atoms with Crippen LogP contribution in [0.15, 0.2) is 58.6 Å². The molecular formula is C20H18BrNO4. The molecule has 1 aliphatic heterocycles. The Morgan fingerprint density at radius 1 is 1.08 bits per heavy atom. The largest absolute Gasteiger partial charge is 0.507 e. The molecule has 0 radical (unpaired) electrons. The number of benzene rings is 2. The van der Waals surface area contributed by atoms with E-state index in [0.29, 0.717) is 11.1 Å². The van der Waals surface area contributed by atoms with Crippen LogP contribution in [0.5, 0.6) is 0 Å². The number of halogens is 1. The molecule has 1 amide bonds. The molecule has 1 fully saturated rings. The molecule has 1 heterocycles. The average molecular weight is 416 g/mol. The van der Waals surface area contributed by atoms with Gasteiger partial charge in [-0.3, -0.25) is 9.59 Å². The maximum atomic E-state index is 12.6. The van der Waals surface area contributed by atoms with Crippen molar-refractivity contribution in [3.8, 4) is 0 Å². The first-order chi connectivity index (χ1) is 12.4. The van der Waals surface area contributed by atoms with E-state index in [4.69, 9.17) is 0 Å². The second kappa shape index (κ2) is 7.43. The van der Waals surface area contributed by atoms with Crippen molar-refractivity contribution in [1.29, 1.82) is 0 Å². The SMILES string of the molecule is Cc1ccc([C@H]2C(=C(O)c3ccc(Br)cc3)C(=O)C(=O)N2CCO)cc1. The standard InChI is InChI=1S/C20H18BrNO4/c1-12-2-4-13(5-3-12)17-16(19(25)20(26)22(17)10-11-23)18(24)14-6-8-15(21)9-7-14/h2-9,17,23-24H,10-11H2,1H3/t17-/m0/s1. The van der Waals surface area contributed by atoms with E-state index >= 15 is 0 Å². The van der Waals surface area contributed by atoms with Crippen LogP contribution in [0.4, 0.5) is 0 Å². The first-order valence-corrected chi connectivity index (χ1v) is 8.95. The minimum atomic E-state index is -0.746. The molecule has 1 atom stereocenters. The molecule has 3 rings (SSSR count). The average Bonchev–Trinajstić information content (AvgIpc) is 2.88. The molecule has 26 heavy (non-hydrogen) atoms. The van der Waals surface area contributed by atoms with Crippen molar-refractivity contribution in [1.82, 2.24) is 4.90 Å². The maximum Gasteiger partial charge on any atom is 0.295 e. The number of β-amino-alcohol motifs (C(OH)–C–C–N with tert-alkyl or cyclic N) is 1. The maximum absolute atomic E-state index is 12.6. The number of rotatable bonds is 4. The second-order valence-electron chi connectivity index (χ2n) is 6.13. The molecule has 0 aromatic heterocycles. The molecule has 6 heteroatoms. The highest BCUT2D eigenvalue weighted by Gasteiger charge is 2.45. The highest BCUT2D eigenvalue weighted by molar-refractivity contribution is 9.10. The van der Waals surface area contributed by atoms with Gasteiger partial charge >= 0.3 is 0 Å². The van der Waals surface area contributed by atoms with Crippen molar-refractivity contribution in [3.63, 3.8) is 0 Å². The lowest BCUT2D eigenvalue weighted by atomic mass is 9.95. The van der Waals surface area contributed by atoms with Gasteiger partial charge in [-0.1, -0.05) is 57.9 Å². The second-order valence-corrected chi connectivity index (χ2v) is 7.05. The molecule has 0 bridgehead atoms. The van der Waals surface area contributed by atoms with Gasteiger partial charge in [-0.05, 0) is 24.6 Å². The fourth-order valence-corrected chi connectivity index (χ4v) is 3.34. The zero-order valence-corrected chi connectivity index (χ0v) is 15.7. The van der Waals surface area contributed by atoms with Crippen LogP contribution in [0.3, 0.4) is 0 Å². The number of ketones is 1. The lowest BCUT2D eigenvalue weighted by Gasteiger charge is -2.24. The first kappa shape index (κ1) is 18.4. The number of carbonyl (C=O) groups is 2. The highest BCUT2D eigenvalue weighted by Crippen LogP contribution is 2.39. The van der Waals surface area contributed by atoms with Gasteiger partial charge < -0.3 is 15.1 Å². The smallest absolute Gasteiger partial charge is 0.295 e. The Morgan fingerprint density at radius 3 is 2.27 bits per heavy atom. The predicted octanol–water partition coefficient (Wildman–Crippen LogP) is 3.17. The van der Waals surface area contributed by atoms with E-state index in [1.807, 2.05) is 31.2 Å². The summed E-state index contributed by atoms with van der Waals surface area (Å²) in [6, 6.07) is 13.5. The summed E-state index contributed by atoms with van der Waals surface area (Å²) in [5.41, 5.74) is 2.24. The Kier molecular flexibility index (Phi) is 5.25. The molecule has 2 N–H and O–H groups in total. The number of aliphatic hydroxyl groups is 2. The van der Waals surface area contributed by atoms with Crippen LogP contribution < -0.4 is 0 Å². The minimum absolute atomic E-state index is 0.0141. The van der Waals surface area contributed by atoms with E-state index in [1.165, 1.54) is 4.90 Å². The van der Waals surface area contributed by atoms with E-state index in [-0.39, 0.29) is 24.5 Å². The third kappa shape index (κ3) is 3.30. The summed E-state index contributed by atoms with van der Waals surface area (Å²) in [5.74, 6) is -1.69. The molecule has 1 saturated heterocycles.